The molecule has 0 saturated heterocycles. The molecule has 1 aliphatic rings. The maximum atomic E-state index is 4.98. The van der Waals surface area contributed by atoms with Gasteiger partial charge in [0, 0.05) is 38.9 Å². The number of rotatable bonds is 9. The van der Waals surface area contributed by atoms with Gasteiger partial charge in [0.2, 0.25) is 0 Å². The number of benzene rings is 7. The van der Waals surface area contributed by atoms with Gasteiger partial charge in [-0.25, -0.2) is 15.0 Å². The second-order valence-corrected chi connectivity index (χ2v) is 15.6. The Labute approximate surface area is 348 Å². The van der Waals surface area contributed by atoms with Crippen molar-refractivity contribution in [3.8, 4) is 78.4 Å². The summed E-state index contributed by atoms with van der Waals surface area (Å²) in [5.41, 5.74) is 14.8. The summed E-state index contributed by atoms with van der Waals surface area (Å²) < 4.78 is 0. The summed E-state index contributed by atoms with van der Waals surface area (Å²) in [5.74, 6) is 2.05. The normalized spacial score (nSPS) is 12.0. The molecule has 5 heteroatoms. The van der Waals surface area contributed by atoms with Crippen LogP contribution in [0, 0.1) is 0 Å². The van der Waals surface area contributed by atoms with Crippen LogP contribution in [-0.4, -0.2) is 19.9 Å². The molecule has 1 aliphatic heterocycles. The van der Waals surface area contributed by atoms with E-state index in [4.69, 9.17) is 15.0 Å². The number of aromatic nitrogens is 4. The molecule has 0 unspecified atom stereocenters. The molecule has 3 heterocycles. The molecule has 4 nitrogen and oxygen atoms in total. The van der Waals surface area contributed by atoms with Crippen LogP contribution < -0.4 is 0 Å². The smallest absolute Gasteiger partial charge is 0.163 e. The summed E-state index contributed by atoms with van der Waals surface area (Å²) in [6.07, 6.45) is 10.7. The van der Waals surface area contributed by atoms with Crippen LogP contribution in [0.3, 0.4) is 0 Å². The molecular weight excluding hydrogens is 737 g/mol. The third-order valence-corrected chi connectivity index (χ3v) is 11.9. The summed E-state index contributed by atoms with van der Waals surface area (Å²) in [6, 6.07) is 60.4. The van der Waals surface area contributed by atoms with Gasteiger partial charge in [0.25, 0.3) is 0 Å². The van der Waals surface area contributed by atoms with Gasteiger partial charge in [0.15, 0.2) is 11.6 Å². The van der Waals surface area contributed by atoms with Crippen LogP contribution >= 0.6 is 11.8 Å². The van der Waals surface area contributed by atoms with Crippen molar-refractivity contribution >= 4 is 22.7 Å². The molecule has 0 spiro atoms. The Hall–Kier alpha value is -7.21. The highest BCUT2D eigenvalue weighted by atomic mass is 32.2. The van der Waals surface area contributed by atoms with Crippen molar-refractivity contribution in [2.45, 2.75) is 23.1 Å². The lowest BCUT2D eigenvalue weighted by Gasteiger charge is -2.20. The zero-order valence-electron chi connectivity index (χ0n) is 32.5. The minimum atomic E-state index is 0.608. The molecule has 59 heavy (non-hydrogen) atoms. The summed E-state index contributed by atoms with van der Waals surface area (Å²) in [7, 11) is 0. The topological polar surface area (TPSA) is 51.6 Å². The Bertz CT molecular complexity index is 3020. The molecule has 0 radical (unpaired) electrons. The number of pyridine rings is 1. The van der Waals surface area contributed by atoms with Crippen molar-refractivity contribution in [2.75, 3.05) is 0 Å². The molecule has 0 bridgehead atoms. The predicted molar refractivity (Wildman–Crippen MR) is 245 cm³/mol. The maximum absolute atomic E-state index is 4.98. The van der Waals surface area contributed by atoms with Crippen LogP contribution in [0.4, 0.5) is 0 Å². The van der Waals surface area contributed by atoms with Crippen LogP contribution in [-0.2, 0) is 6.42 Å². The average Bonchev–Trinajstić information content (AvgIpc) is 3.31. The van der Waals surface area contributed by atoms with Crippen molar-refractivity contribution in [1.29, 1.82) is 0 Å². The molecule has 0 amide bonds. The Morgan fingerprint density at radius 2 is 0.983 bits per heavy atom. The van der Waals surface area contributed by atoms with Gasteiger partial charge in [-0.2, -0.15) is 0 Å². The average molecular weight is 775 g/mol. The van der Waals surface area contributed by atoms with E-state index in [1.165, 1.54) is 54.1 Å². The second kappa shape index (κ2) is 16.0. The van der Waals surface area contributed by atoms with Crippen molar-refractivity contribution < 1.29 is 0 Å². The van der Waals surface area contributed by atoms with E-state index in [0.717, 1.165) is 39.2 Å². The first-order valence-electron chi connectivity index (χ1n) is 19.9. The molecule has 0 fully saturated rings. The highest BCUT2D eigenvalue weighted by Crippen LogP contribution is 2.48. The third-order valence-electron chi connectivity index (χ3n) is 10.8. The largest absolute Gasteiger partial charge is 0.256 e. The van der Waals surface area contributed by atoms with Crippen LogP contribution in [0.1, 0.15) is 12.7 Å². The van der Waals surface area contributed by atoms with E-state index in [9.17, 15) is 0 Å². The quantitative estimate of drug-likeness (QED) is 0.137. The fourth-order valence-corrected chi connectivity index (χ4v) is 8.85. The zero-order chi connectivity index (χ0) is 39.5. The van der Waals surface area contributed by atoms with Crippen molar-refractivity contribution in [2.24, 2.45) is 0 Å². The molecule has 10 rings (SSSR count). The Morgan fingerprint density at radius 1 is 0.441 bits per heavy atom. The van der Waals surface area contributed by atoms with Crippen molar-refractivity contribution in [3.63, 3.8) is 0 Å². The van der Waals surface area contributed by atoms with E-state index in [2.05, 4.69) is 175 Å². The summed E-state index contributed by atoms with van der Waals surface area (Å²) in [6.45, 7) is 2.01. The summed E-state index contributed by atoms with van der Waals surface area (Å²) >= 11 is 1.83. The van der Waals surface area contributed by atoms with Gasteiger partial charge in [0.05, 0.1) is 5.52 Å². The highest BCUT2D eigenvalue weighted by molar-refractivity contribution is 7.99. The molecule has 7 aromatic carbocycles. The molecule has 0 N–H and O–H groups in total. The van der Waals surface area contributed by atoms with Crippen LogP contribution in [0.15, 0.2) is 210 Å². The summed E-state index contributed by atoms with van der Waals surface area (Å²) in [4.78, 5) is 22.0. The maximum Gasteiger partial charge on any atom is 0.163 e. The van der Waals surface area contributed by atoms with E-state index in [1.807, 2.05) is 49.2 Å². The number of hydrogen-bond acceptors (Lipinski definition) is 5. The third kappa shape index (κ3) is 7.40. The standard InChI is InChI=1S/C54H38N4S/c1-2-3-4-8-17-51-56-53(41-26-22-37(23-27-41)36-11-6-5-7-12-36)58-54(57-51)42-28-24-39(25-29-42)44-14-9-13-43(34-44)38-18-20-40(21-19-38)45-30-31-49-47(35-45)46-32-33-55-48-15-10-16-50(59-49)52(46)48/h2-16,18-35H,17H2,1H3/b3-2-,8-4-. The molecule has 0 aliphatic carbocycles. The first kappa shape index (κ1) is 36.2. The van der Waals surface area contributed by atoms with Crippen LogP contribution in [0.5, 0.6) is 0 Å². The first-order valence-corrected chi connectivity index (χ1v) is 20.7. The molecule has 0 saturated carbocycles. The second-order valence-electron chi connectivity index (χ2n) is 14.6. The summed E-state index contributed by atoms with van der Waals surface area (Å²) in [5, 5.41) is 1.24. The Kier molecular flexibility index (Phi) is 9.79. The molecule has 9 aromatic rings. The Morgan fingerprint density at radius 3 is 1.63 bits per heavy atom. The molecular formula is C54H38N4S. The van der Waals surface area contributed by atoms with Gasteiger partial charge < -0.3 is 0 Å². The van der Waals surface area contributed by atoms with E-state index >= 15 is 0 Å². The van der Waals surface area contributed by atoms with Gasteiger partial charge in [-0.15, -0.1) is 0 Å². The van der Waals surface area contributed by atoms with E-state index < -0.39 is 0 Å². The van der Waals surface area contributed by atoms with Crippen molar-refractivity contribution in [3.05, 3.63) is 206 Å². The zero-order valence-corrected chi connectivity index (χ0v) is 33.3. The Balaban J connectivity index is 0.902. The number of fused-ring (bicyclic) bond motifs is 2. The van der Waals surface area contributed by atoms with Gasteiger partial charge in [-0.3, -0.25) is 4.98 Å². The fourth-order valence-electron chi connectivity index (χ4n) is 7.73. The van der Waals surface area contributed by atoms with E-state index in [0.29, 0.717) is 18.1 Å². The lowest BCUT2D eigenvalue weighted by molar-refractivity contribution is 0.947. The SMILES string of the molecule is C/C=C\C=C/Cc1nc(-c2ccc(-c3ccccc3)cc2)nc(-c2ccc(-c3cccc(-c4ccc(-c5ccc6c(c5)-c5ccnc7cccc(c57)S6)cc4)c3)cc2)n1. The lowest BCUT2D eigenvalue weighted by atomic mass is 9.94. The van der Waals surface area contributed by atoms with Gasteiger partial charge >= 0.3 is 0 Å². The van der Waals surface area contributed by atoms with Crippen LogP contribution in [0.2, 0.25) is 0 Å². The minimum absolute atomic E-state index is 0.608. The van der Waals surface area contributed by atoms with E-state index in [-0.39, 0.29) is 0 Å². The van der Waals surface area contributed by atoms with Gasteiger partial charge in [0.1, 0.15) is 5.82 Å². The fraction of sp³-hybridized carbons (Fsp3) is 0.0370. The first-order chi connectivity index (χ1) is 29.2. The van der Waals surface area contributed by atoms with Crippen LogP contribution in [0.25, 0.3) is 89.3 Å². The highest BCUT2D eigenvalue weighted by Gasteiger charge is 2.20. The molecule has 0 atom stereocenters. The van der Waals surface area contributed by atoms with E-state index in [1.54, 1.807) is 0 Å². The number of allylic oxidation sites excluding steroid dienone is 4. The molecule has 280 valence electrons. The monoisotopic (exact) mass is 774 g/mol. The minimum Gasteiger partial charge on any atom is -0.256 e. The lowest BCUT2D eigenvalue weighted by Crippen LogP contribution is -2.02. The predicted octanol–water partition coefficient (Wildman–Crippen LogP) is 14.2. The van der Waals surface area contributed by atoms with Gasteiger partial charge in [-0.05, 0) is 99.0 Å². The number of hydrogen-bond donors (Lipinski definition) is 0. The number of nitrogens with zero attached hydrogens (tertiary/aromatic N) is 4. The van der Waals surface area contributed by atoms with Crippen molar-refractivity contribution in [1.82, 2.24) is 19.9 Å². The van der Waals surface area contributed by atoms with Gasteiger partial charge in [-0.1, -0.05) is 170 Å². The molecule has 2 aromatic heterocycles.